The second kappa shape index (κ2) is 8.68. The van der Waals surface area contributed by atoms with Crippen LogP contribution in [0.5, 0.6) is 11.5 Å². The summed E-state index contributed by atoms with van der Waals surface area (Å²) in [6.45, 7) is 0. The highest BCUT2D eigenvalue weighted by Gasteiger charge is 2.34. The number of carbonyl (C=O) groups is 2. The fourth-order valence-corrected chi connectivity index (χ4v) is 5.71. The number of carbonyl (C=O) groups excluding carboxylic acids is 2. The van der Waals surface area contributed by atoms with Crippen molar-refractivity contribution in [3.05, 3.63) is 71.7 Å². The third kappa shape index (κ3) is 3.88. The van der Waals surface area contributed by atoms with Crippen LogP contribution in [0.25, 0.3) is 10.2 Å². The highest BCUT2D eigenvalue weighted by Crippen LogP contribution is 2.46. The van der Waals surface area contributed by atoms with E-state index in [9.17, 15) is 9.59 Å². The molecule has 0 bridgehead atoms. The molecule has 0 saturated heterocycles. The number of aromatic nitrogens is 1. The molecule has 0 unspecified atom stereocenters. The molecule has 3 amide bonds. The average Bonchev–Trinajstić information content (AvgIpc) is 3.44. The largest absolute Gasteiger partial charge is 0.457 e. The number of amides is 3. The number of pyridine rings is 1. The van der Waals surface area contributed by atoms with Gasteiger partial charge in [0.1, 0.15) is 21.2 Å². The summed E-state index contributed by atoms with van der Waals surface area (Å²) in [5.41, 5.74) is 7.99. The topological polar surface area (TPSA) is 110 Å². The second-order valence-electron chi connectivity index (χ2n) is 8.67. The number of urea groups is 1. The molecule has 0 radical (unpaired) electrons. The first-order chi connectivity index (χ1) is 17.1. The fraction of sp³-hybridized carbons (Fsp3) is 0.192. The van der Waals surface area contributed by atoms with Gasteiger partial charge in [-0.3, -0.25) is 9.69 Å². The normalized spacial score (nSPS) is 19.0. The molecule has 6 rings (SSSR count). The van der Waals surface area contributed by atoms with Crippen LogP contribution in [0.4, 0.5) is 21.9 Å². The van der Waals surface area contributed by atoms with E-state index < -0.39 is 0 Å². The first kappa shape index (κ1) is 21.6. The van der Waals surface area contributed by atoms with E-state index >= 15 is 0 Å². The maximum absolute atomic E-state index is 13.3. The minimum absolute atomic E-state index is 0.0442. The minimum atomic E-state index is -0.341. The van der Waals surface area contributed by atoms with Crippen molar-refractivity contribution in [1.82, 2.24) is 10.3 Å². The lowest BCUT2D eigenvalue weighted by molar-refractivity contribution is 0.0939. The van der Waals surface area contributed by atoms with Gasteiger partial charge in [-0.2, -0.15) is 0 Å². The Kier molecular flexibility index (Phi) is 5.35. The molecule has 1 aliphatic carbocycles. The zero-order valence-corrected chi connectivity index (χ0v) is 19.5. The van der Waals surface area contributed by atoms with Gasteiger partial charge in [-0.05, 0) is 61.7 Å². The summed E-state index contributed by atoms with van der Waals surface area (Å²) < 4.78 is 5.87. The Morgan fingerprint density at radius 1 is 1.09 bits per heavy atom. The lowest BCUT2D eigenvalue weighted by Gasteiger charge is -2.28. The Morgan fingerprint density at radius 2 is 1.86 bits per heavy atom. The molecule has 2 atom stereocenters. The third-order valence-corrected chi connectivity index (χ3v) is 7.51. The van der Waals surface area contributed by atoms with E-state index in [2.05, 4.69) is 15.6 Å². The van der Waals surface area contributed by atoms with Crippen molar-refractivity contribution in [2.45, 2.75) is 31.3 Å². The summed E-state index contributed by atoms with van der Waals surface area (Å²) in [6, 6.07) is 18.2. The lowest BCUT2D eigenvalue weighted by atomic mass is 10.1. The van der Waals surface area contributed by atoms with Crippen LogP contribution in [0, 0.1) is 0 Å². The number of rotatable bonds is 5. The van der Waals surface area contributed by atoms with Crippen molar-refractivity contribution in [3.8, 4) is 11.5 Å². The van der Waals surface area contributed by atoms with Crippen molar-refractivity contribution in [1.29, 1.82) is 0 Å². The van der Waals surface area contributed by atoms with Gasteiger partial charge < -0.3 is 21.1 Å². The summed E-state index contributed by atoms with van der Waals surface area (Å²) in [4.78, 5) is 33.6. The van der Waals surface area contributed by atoms with E-state index in [1.54, 1.807) is 17.2 Å². The van der Waals surface area contributed by atoms with E-state index in [4.69, 9.17) is 10.5 Å². The summed E-state index contributed by atoms with van der Waals surface area (Å²) in [5, 5.41) is 6.73. The third-order valence-electron chi connectivity index (χ3n) is 6.41. The molecule has 2 aromatic carbocycles. The number of hydrogen-bond acceptors (Lipinski definition) is 6. The Labute approximate surface area is 205 Å². The summed E-state index contributed by atoms with van der Waals surface area (Å²) in [6.07, 6.45) is 4.42. The number of nitrogens with one attached hydrogen (secondary N) is 2. The van der Waals surface area contributed by atoms with Crippen molar-refractivity contribution in [3.63, 3.8) is 0 Å². The predicted octanol–water partition coefficient (Wildman–Crippen LogP) is 5.38. The number of nitrogens with two attached hydrogens (primary N) is 1. The van der Waals surface area contributed by atoms with E-state index in [1.165, 1.54) is 11.3 Å². The number of anilines is 3. The molecule has 1 fully saturated rings. The molecule has 8 nitrogen and oxygen atoms in total. The molecule has 1 saturated carbocycles. The molecule has 2 aromatic heterocycles. The van der Waals surface area contributed by atoms with E-state index in [-0.39, 0.29) is 24.0 Å². The van der Waals surface area contributed by atoms with Gasteiger partial charge in [-0.15, -0.1) is 11.3 Å². The van der Waals surface area contributed by atoms with Gasteiger partial charge in [-0.1, -0.05) is 18.2 Å². The lowest BCUT2D eigenvalue weighted by Crippen LogP contribution is -2.44. The van der Waals surface area contributed by atoms with Crippen LogP contribution in [0.1, 0.15) is 28.9 Å². The molecule has 1 aliphatic heterocycles. The Bertz CT molecular complexity index is 1420. The fourth-order valence-electron chi connectivity index (χ4n) is 4.69. The summed E-state index contributed by atoms with van der Waals surface area (Å²) in [7, 11) is 0. The van der Waals surface area contributed by atoms with Gasteiger partial charge >= 0.3 is 6.03 Å². The van der Waals surface area contributed by atoms with Gasteiger partial charge in [0.05, 0.1) is 22.4 Å². The Hall–Kier alpha value is -3.95. The summed E-state index contributed by atoms with van der Waals surface area (Å²) in [5.74, 6) is 1.17. The molecule has 3 heterocycles. The Morgan fingerprint density at radius 3 is 2.60 bits per heavy atom. The highest BCUT2D eigenvalue weighted by atomic mass is 32.1. The van der Waals surface area contributed by atoms with E-state index in [1.807, 2.05) is 54.6 Å². The number of para-hydroxylation sites is 1. The van der Waals surface area contributed by atoms with Gasteiger partial charge in [0.25, 0.3) is 5.91 Å². The SMILES string of the molecule is N[C@H]1CCC[C@H]1NC(=O)c1sc2nccc3c2c1NC(=O)N3c1ccc(Oc2ccccc2)cc1. The monoisotopic (exact) mass is 485 g/mol. The predicted molar refractivity (Wildman–Crippen MR) is 137 cm³/mol. The molecule has 35 heavy (non-hydrogen) atoms. The van der Waals surface area contributed by atoms with Crippen LogP contribution in [0.3, 0.4) is 0 Å². The number of thiophene rings is 1. The molecular formula is C26H23N5O3S. The Balaban J connectivity index is 1.32. The summed E-state index contributed by atoms with van der Waals surface area (Å²) >= 11 is 1.27. The van der Waals surface area contributed by atoms with E-state index in [0.29, 0.717) is 32.5 Å². The molecule has 0 spiro atoms. The van der Waals surface area contributed by atoms with Gasteiger partial charge in [0.2, 0.25) is 0 Å². The standard InChI is InChI=1S/C26H23N5O3S/c27-18-7-4-8-19(18)29-24(32)23-22-21-20(13-14-28-25(21)35-23)31(26(33)30-22)15-9-11-17(12-10-15)34-16-5-2-1-3-6-16/h1-3,5-6,9-14,18-19H,4,7-8,27H2,(H,29,32)(H,30,33)/t18-,19+/m0/s1. The maximum atomic E-state index is 13.3. The van der Waals surface area contributed by atoms with Crippen LogP contribution in [-0.2, 0) is 0 Å². The second-order valence-corrected chi connectivity index (χ2v) is 9.66. The van der Waals surface area contributed by atoms with Crippen LogP contribution in [0.2, 0.25) is 0 Å². The van der Waals surface area contributed by atoms with Gasteiger partial charge in [0, 0.05) is 18.3 Å². The van der Waals surface area contributed by atoms with Gasteiger partial charge in [-0.25, -0.2) is 9.78 Å². The molecule has 176 valence electrons. The highest BCUT2D eigenvalue weighted by molar-refractivity contribution is 7.21. The maximum Gasteiger partial charge on any atom is 0.331 e. The van der Waals surface area contributed by atoms with Crippen molar-refractivity contribution >= 4 is 50.6 Å². The average molecular weight is 486 g/mol. The molecule has 2 aliphatic rings. The van der Waals surface area contributed by atoms with Gasteiger partial charge in [0.15, 0.2) is 0 Å². The van der Waals surface area contributed by atoms with Crippen LogP contribution in [0.15, 0.2) is 66.9 Å². The van der Waals surface area contributed by atoms with Crippen LogP contribution >= 0.6 is 11.3 Å². The zero-order valence-electron chi connectivity index (χ0n) is 18.7. The number of benzene rings is 2. The van der Waals surface area contributed by atoms with Crippen molar-refractivity contribution in [2.75, 3.05) is 10.2 Å². The van der Waals surface area contributed by atoms with Crippen LogP contribution in [-0.4, -0.2) is 29.0 Å². The van der Waals surface area contributed by atoms with Crippen molar-refractivity contribution < 1.29 is 14.3 Å². The quantitative estimate of drug-likeness (QED) is 0.352. The van der Waals surface area contributed by atoms with Crippen LogP contribution < -0.4 is 26.0 Å². The van der Waals surface area contributed by atoms with E-state index in [0.717, 1.165) is 30.4 Å². The van der Waals surface area contributed by atoms with Crippen molar-refractivity contribution in [2.24, 2.45) is 5.73 Å². The first-order valence-corrected chi connectivity index (χ1v) is 12.3. The number of hydrogen-bond donors (Lipinski definition) is 3. The molecular weight excluding hydrogens is 462 g/mol. The molecule has 4 aromatic rings. The minimum Gasteiger partial charge on any atom is -0.457 e. The number of nitrogens with zero attached hydrogens (tertiary/aromatic N) is 2. The first-order valence-electron chi connectivity index (χ1n) is 11.5. The molecule has 4 N–H and O–H groups in total. The zero-order chi connectivity index (χ0) is 23.9. The number of ether oxygens (including phenoxy) is 1. The molecule has 9 heteroatoms. The smallest absolute Gasteiger partial charge is 0.331 e.